The van der Waals surface area contributed by atoms with Crippen molar-refractivity contribution in [1.29, 1.82) is 0 Å². The third kappa shape index (κ3) is 4.63. The van der Waals surface area contributed by atoms with Crippen LogP contribution in [0, 0.1) is 5.41 Å². The van der Waals surface area contributed by atoms with Crippen molar-refractivity contribution in [2.24, 2.45) is 17.6 Å². The summed E-state index contributed by atoms with van der Waals surface area (Å²) in [6.45, 7) is 0.466. The Morgan fingerprint density at radius 1 is 1.52 bits per heavy atom. The molecule has 1 aromatic rings. The summed E-state index contributed by atoms with van der Waals surface area (Å²) in [6.07, 6.45) is 0. The van der Waals surface area contributed by atoms with Gasteiger partial charge in [-0.1, -0.05) is 16.9 Å². The first-order valence-corrected chi connectivity index (χ1v) is 12.8. The van der Waals surface area contributed by atoms with Crippen LogP contribution in [0.5, 0.6) is 0 Å². The van der Waals surface area contributed by atoms with E-state index in [1.54, 1.807) is 12.5 Å². The first-order valence-electron chi connectivity index (χ1n) is 9.74. The number of amides is 2. The van der Waals surface area contributed by atoms with Gasteiger partial charge in [0.05, 0.1) is 6.61 Å². The van der Waals surface area contributed by atoms with Gasteiger partial charge in [-0.25, -0.2) is 4.68 Å². The van der Waals surface area contributed by atoms with Crippen LogP contribution in [0.15, 0.2) is 21.5 Å². The topological polar surface area (TPSA) is 161 Å². The largest absolute Gasteiger partial charge is 0.490 e. The average molecular weight is 516 g/mol. The lowest BCUT2D eigenvalue weighted by atomic mass is 9.89. The molecule has 2 unspecified atom stereocenters. The smallest absolute Gasteiger partial charge is 0.313 e. The third-order valence-electron chi connectivity index (χ3n) is 5.22. The molecule has 16 heteroatoms. The number of aromatic nitrogens is 4. The lowest BCUT2D eigenvalue weighted by Crippen LogP contribution is -2.74. The summed E-state index contributed by atoms with van der Waals surface area (Å²) < 4.78 is 6.95. The van der Waals surface area contributed by atoms with E-state index in [9.17, 15) is 19.5 Å². The van der Waals surface area contributed by atoms with Gasteiger partial charge in [-0.2, -0.15) is 0 Å². The molecule has 4 heterocycles. The van der Waals surface area contributed by atoms with Crippen molar-refractivity contribution in [2.45, 2.75) is 16.6 Å². The number of nitrogens with one attached hydrogen (secondary N) is 1. The Hall–Kier alpha value is -2.46. The molecule has 3 atom stereocenters. The summed E-state index contributed by atoms with van der Waals surface area (Å²) in [5.74, 6) is -0.422. The highest BCUT2D eigenvalue weighted by Gasteiger charge is 2.57. The van der Waals surface area contributed by atoms with Gasteiger partial charge in [-0.15, -0.1) is 28.6 Å². The second-order valence-electron chi connectivity index (χ2n) is 7.40. The van der Waals surface area contributed by atoms with E-state index < -0.39 is 23.3 Å². The number of thioether (sulfide) groups is 3. The number of aliphatic carboxylic acids is 1. The maximum absolute atomic E-state index is 12.8. The Kier molecular flexibility index (Phi) is 7.04. The van der Waals surface area contributed by atoms with Crippen LogP contribution < -0.4 is 5.32 Å². The van der Waals surface area contributed by atoms with Crippen molar-refractivity contribution in [2.75, 3.05) is 37.5 Å². The maximum Gasteiger partial charge on any atom is 0.313 e. The zero-order chi connectivity index (χ0) is 23.6. The Morgan fingerprint density at radius 3 is 2.97 bits per heavy atom. The quantitative estimate of drug-likeness (QED) is 0.196. The number of β-lactam (4-membered cyclic amide) rings is 1. The number of aryl methyl sites for hydroxylation is 1. The molecular weight excluding hydrogens is 494 g/mol. The number of tetrazole rings is 1. The van der Waals surface area contributed by atoms with E-state index in [0.717, 1.165) is 5.75 Å². The number of fused-ring (bicyclic) bond motifs is 1. The van der Waals surface area contributed by atoms with E-state index in [4.69, 9.17) is 9.57 Å². The summed E-state index contributed by atoms with van der Waals surface area (Å²) in [6, 6.07) is -0.788. The highest BCUT2D eigenvalue weighted by atomic mass is 32.2. The fourth-order valence-corrected chi connectivity index (χ4v) is 6.78. The zero-order valence-corrected chi connectivity index (χ0v) is 20.1. The second-order valence-corrected chi connectivity index (χ2v) is 10.4. The molecule has 178 valence electrons. The number of hydrogen-bond acceptors (Lipinski definition) is 12. The number of carboxylic acids is 1. The van der Waals surface area contributed by atoms with E-state index in [1.165, 1.54) is 52.0 Å². The normalized spacial score (nSPS) is 27.1. The minimum Gasteiger partial charge on any atom is -0.490 e. The summed E-state index contributed by atoms with van der Waals surface area (Å²) in [4.78, 5) is 44.1. The molecule has 0 spiro atoms. The predicted octanol–water partition coefficient (Wildman–Crippen LogP) is -0.620. The fourth-order valence-electron chi connectivity index (χ4n) is 3.44. The van der Waals surface area contributed by atoms with E-state index >= 15 is 0 Å². The average Bonchev–Trinajstić information content (AvgIpc) is 3.24. The Bertz CT molecular complexity index is 1020. The molecule has 0 aromatic carbocycles. The number of rotatable bonds is 8. The van der Waals surface area contributed by atoms with Crippen LogP contribution in [0.1, 0.15) is 0 Å². The highest BCUT2D eigenvalue weighted by molar-refractivity contribution is 8.02. The van der Waals surface area contributed by atoms with Gasteiger partial charge in [-0.05, 0) is 10.4 Å². The molecule has 2 saturated heterocycles. The number of oxime groups is 1. The molecule has 0 radical (unpaired) electrons. The molecule has 1 aromatic heterocycles. The molecule has 3 aliphatic heterocycles. The minimum absolute atomic E-state index is 0.0351. The fraction of sp³-hybridized carbons (Fsp3) is 0.588. The van der Waals surface area contributed by atoms with Crippen LogP contribution in [0.4, 0.5) is 0 Å². The summed E-state index contributed by atoms with van der Waals surface area (Å²) >= 11 is 4.03. The first-order chi connectivity index (χ1) is 15.9. The summed E-state index contributed by atoms with van der Waals surface area (Å²) in [5.41, 5.74) is -1.21. The van der Waals surface area contributed by atoms with Gasteiger partial charge in [0.2, 0.25) is 16.8 Å². The molecule has 2 N–H and O–H groups in total. The van der Waals surface area contributed by atoms with Crippen LogP contribution >= 0.6 is 35.3 Å². The van der Waals surface area contributed by atoms with Crippen molar-refractivity contribution >= 4 is 58.8 Å². The van der Waals surface area contributed by atoms with Gasteiger partial charge in [0.15, 0.2) is 5.76 Å². The number of carbonyl (C=O) groups excluding carboxylic acids is 2. The van der Waals surface area contributed by atoms with Gasteiger partial charge < -0.3 is 24.9 Å². The molecule has 2 amide bonds. The number of nitrogens with zero attached hydrogens (tertiary/aromatic N) is 6. The summed E-state index contributed by atoms with van der Waals surface area (Å²) in [7, 11) is 2.99. The standard InChI is InChI=1S/C17H21N7O6S3/c1-23-16(19-21-22-23)33-8-17(15(27)28)6-24-13(26)11(14(24)32-7-17)18-12(25)10(20-29-2)9-5-31-4-3-30-9/h5,11,14H,3-4,6-8H2,1-2H3,(H,18,25)(H,27,28)/t11?,14-,17?/m1/s1. The van der Waals surface area contributed by atoms with Gasteiger partial charge in [-0.3, -0.25) is 14.4 Å². The summed E-state index contributed by atoms with van der Waals surface area (Å²) in [5, 5.41) is 29.4. The first kappa shape index (κ1) is 23.7. The molecule has 13 nitrogen and oxygen atoms in total. The predicted molar refractivity (Wildman–Crippen MR) is 120 cm³/mol. The lowest BCUT2D eigenvalue weighted by Gasteiger charge is -2.53. The van der Waals surface area contributed by atoms with Gasteiger partial charge >= 0.3 is 5.97 Å². The lowest BCUT2D eigenvalue weighted by molar-refractivity contribution is -0.157. The van der Waals surface area contributed by atoms with Crippen molar-refractivity contribution in [3.63, 3.8) is 0 Å². The second kappa shape index (κ2) is 9.80. The molecule has 2 fully saturated rings. The number of carbonyl (C=O) groups is 3. The van der Waals surface area contributed by atoms with Crippen LogP contribution in [0.2, 0.25) is 0 Å². The van der Waals surface area contributed by atoms with Gasteiger partial charge in [0, 0.05) is 36.3 Å². The molecule has 0 saturated carbocycles. The zero-order valence-electron chi connectivity index (χ0n) is 17.7. The van der Waals surface area contributed by atoms with E-state index in [1.807, 2.05) is 0 Å². The molecule has 0 bridgehead atoms. The molecule has 4 rings (SSSR count). The molecule has 3 aliphatic rings. The minimum atomic E-state index is -1.16. The number of ether oxygens (including phenoxy) is 1. The number of carboxylic acid groups (broad SMARTS) is 1. The molecular formula is C17H21N7O6S3. The Morgan fingerprint density at radius 2 is 2.33 bits per heavy atom. The molecule has 33 heavy (non-hydrogen) atoms. The van der Waals surface area contributed by atoms with Gasteiger partial charge in [0.25, 0.3) is 5.91 Å². The van der Waals surface area contributed by atoms with Crippen molar-refractivity contribution in [3.8, 4) is 0 Å². The van der Waals surface area contributed by atoms with Crippen molar-refractivity contribution in [3.05, 3.63) is 11.2 Å². The van der Waals surface area contributed by atoms with Crippen LogP contribution in [-0.2, 0) is 31.0 Å². The number of hydrogen-bond donors (Lipinski definition) is 2. The van der Waals surface area contributed by atoms with Crippen LogP contribution in [0.25, 0.3) is 0 Å². The van der Waals surface area contributed by atoms with Crippen LogP contribution in [-0.4, -0.2) is 103 Å². The SMILES string of the molecule is CON=C(C(=O)NC1C(=O)N2CC(CSc3nnnn3C)(C(=O)O)CS[C@H]12)C1=CSCCO1. The van der Waals surface area contributed by atoms with Crippen molar-refractivity contribution < 1.29 is 29.1 Å². The van der Waals surface area contributed by atoms with E-state index in [0.29, 0.717) is 11.8 Å². The maximum atomic E-state index is 12.8. The van der Waals surface area contributed by atoms with E-state index in [-0.39, 0.29) is 40.8 Å². The third-order valence-corrected chi connectivity index (χ3v) is 8.90. The Labute approximate surface area is 201 Å². The van der Waals surface area contributed by atoms with E-state index in [2.05, 4.69) is 26.0 Å². The van der Waals surface area contributed by atoms with Crippen LogP contribution in [0.3, 0.4) is 0 Å². The molecule has 0 aliphatic carbocycles. The van der Waals surface area contributed by atoms with Gasteiger partial charge in [0.1, 0.15) is 23.9 Å². The Balaban J connectivity index is 1.41. The monoisotopic (exact) mass is 515 g/mol. The van der Waals surface area contributed by atoms with Crippen molar-refractivity contribution in [1.82, 2.24) is 30.4 Å². The highest BCUT2D eigenvalue weighted by Crippen LogP contribution is 2.44.